The molecule has 0 bridgehead atoms. The summed E-state index contributed by atoms with van der Waals surface area (Å²) in [4.78, 5) is 29.2. The Morgan fingerprint density at radius 1 is 0.929 bits per heavy atom. The van der Waals surface area contributed by atoms with E-state index in [0.717, 1.165) is 15.9 Å². The quantitative estimate of drug-likeness (QED) is 0.276. The molecule has 0 aromatic heterocycles. The fourth-order valence-electron chi connectivity index (χ4n) is 4.19. The minimum Gasteiger partial charge on any atom is -0.352 e. The van der Waals surface area contributed by atoms with Crippen molar-refractivity contribution in [2.24, 2.45) is 0 Å². The van der Waals surface area contributed by atoms with Crippen LogP contribution in [0.3, 0.4) is 0 Å². The van der Waals surface area contributed by atoms with Crippen molar-refractivity contribution in [1.82, 2.24) is 14.5 Å². The van der Waals surface area contributed by atoms with E-state index in [4.69, 9.17) is 23.2 Å². The highest BCUT2D eigenvalue weighted by Crippen LogP contribution is 2.26. The smallest absolute Gasteiger partial charge is 0.304 e. The summed E-state index contributed by atoms with van der Waals surface area (Å²) in [6.07, 6.45) is 0.809. The molecule has 42 heavy (non-hydrogen) atoms. The Labute approximate surface area is 257 Å². The monoisotopic (exact) mass is 636 g/mol. The highest BCUT2D eigenvalue weighted by Gasteiger charge is 2.35. The fraction of sp³-hybridized carbons (Fsp3) is 0.333. The molecule has 3 aromatic carbocycles. The maximum Gasteiger partial charge on any atom is 0.304 e. The Morgan fingerprint density at radius 3 is 2.17 bits per heavy atom. The van der Waals surface area contributed by atoms with Crippen LogP contribution in [-0.4, -0.2) is 62.2 Å². The summed E-state index contributed by atoms with van der Waals surface area (Å²) in [7, 11) is -1.73. The molecule has 0 spiro atoms. The number of hydrogen-bond acceptors (Lipinski definition) is 4. The van der Waals surface area contributed by atoms with Gasteiger partial charge in [0.1, 0.15) is 18.4 Å². The Hall–Kier alpha value is -3.18. The molecule has 0 radical (unpaired) electrons. The molecule has 226 valence electrons. The molecule has 0 heterocycles. The minimum atomic E-state index is -4.32. The summed E-state index contributed by atoms with van der Waals surface area (Å²) in [5, 5.41) is 3.53. The molecule has 0 aliphatic rings. The number of rotatable bonds is 13. The van der Waals surface area contributed by atoms with Gasteiger partial charge in [0.15, 0.2) is 0 Å². The summed E-state index contributed by atoms with van der Waals surface area (Å²) in [5.41, 5.74) is 1.07. The van der Waals surface area contributed by atoms with Crippen molar-refractivity contribution < 1.29 is 22.4 Å². The maximum absolute atomic E-state index is 14.9. The van der Waals surface area contributed by atoms with Gasteiger partial charge in [0.25, 0.3) is 0 Å². The molecular weight excluding hydrogens is 602 g/mol. The largest absolute Gasteiger partial charge is 0.352 e. The molecule has 0 saturated heterocycles. The number of carbonyl (C=O) groups is 2. The molecule has 2 atom stereocenters. The number of carbonyl (C=O) groups excluding carboxylic acids is 2. The first-order valence-electron chi connectivity index (χ1n) is 13.4. The number of para-hydroxylation sites is 1. The topological polar surface area (TPSA) is 90.0 Å². The van der Waals surface area contributed by atoms with Crippen LogP contribution in [0.4, 0.5) is 10.1 Å². The lowest BCUT2D eigenvalue weighted by atomic mass is 10.0. The van der Waals surface area contributed by atoms with Crippen LogP contribution in [-0.2, 0) is 32.8 Å². The number of benzene rings is 3. The van der Waals surface area contributed by atoms with Gasteiger partial charge in [0.2, 0.25) is 11.8 Å². The van der Waals surface area contributed by atoms with Gasteiger partial charge in [0, 0.05) is 33.1 Å². The zero-order valence-corrected chi connectivity index (χ0v) is 26.3. The van der Waals surface area contributed by atoms with Crippen molar-refractivity contribution in [1.29, 1.82) is 0 Å². The van der Waals surface area contributed by atoms with E-state index < -0.39 is 40.4 Å². The first-order chi connectivity index (χ1) is 19.8. The number of nitrogens with one attached hydrogen (secondary N) is 1. The molecule has 2 amide bonds. The third-order valence-electron chi connectivity index (χ3n) is 6.75. The van der Waals surface area contributed by atoms with E-state index in [1.165, 1.54) is 37.2 Å². The second kappa shape index (κ2) is 14.8. The maximum atomic E-state index is 14.9. The van der Waals surface area contributed by atoms with Gasteiger partial charge in [-0.2, -0.15) is 12.7 Å². The van der Waals surface area contributed by atoms with Crippen molar-refractivity contribution in [3.05, 3.63) is 99.8 Å². The molecule has 3 rings (SSSR count). The highest BCUT2D eigenvalue weighted by atomic mass is 35.5. The van der Waals surface area contributed by atoms with Crippen LogP contribution >= 0.6 is 23.2 Å². The van der Waals surface area contributed by atoms with E-state index in [9.17, 15) is 22.4 Å². The Morgan fingerprint density at radius 2 is 1.57 bits per heavy atom. The summed E-state index contributed by atoms with van der Waals surface area (Å²) in [6, 6.07) is 18.1. The van der Waals surface area contributed by atoms with Crippen LogP contribution in [0.15, 0.2) is 72.8 Å². The van der Waals surface area contributed by atoms with E-state index in [1.807, 2.05) is 44.2 Å². The predicted octanol–water partition coefficient (Wildman–Crippen LogP) is 5.30. The third-order valence-corrected chi connectivity index (χ3v) is 9.29. The Balaban J connectivity index is 2.13. The van der Waals surface area contributed by atoms with Gasteiger partial charge in [0.05, 0.1) is 15.7 Å². The lowest BCUT2D eigenvalue weighted by Gasteiger charge is -2.35. The van der Waals surface area contributed by atoms with E-state index in [2.05, 4.69) is 5.32 Å². The van der Waals surface area contributed by atoms with Crippen LogP contribution in [0.2, 0.25) is 10.0 Å². The lowest BCUT2D eigenvalue weighted by Crippen LogP contribution is -2.55. The molecule has 8 nitrogen and oxygen atoms in total. The van der Waals surface area contributed by atoms with Crippen LogP contribution < -0.4 is 9.62 Å². The zero-order chi connectivity index (χ0) is 31.0. The average Bonchev–Trinajstić information content (AvgIpc) is 2.96. The van der Waals surface area contributed by atoms with Gasteiger partial charge in [-0.25, -0.2) is 8.70 Å². The van der Waals surface area contributed by atoms with Crippen LogP contribution in [0.25, 0.3) is 0 Å². The van der Waals surface area contributed by atoms with Gasteiger partial charge in [-0.05, 0) is 48.7 Å². The SMILES string of the molecule is CC[C@H](C)NC(=O)[C@@H](Cc1ccccc1)N(Cc1ccc(Cl)c(Cl)c1)C(=O)CN(c1ccccc1F)S(=O)(=O)N(C)C. The zero-order valence-electron chi connectivity index (χ0n) is 23.9. The summed E-state index contributed by atoms with van der Waals surface area (Å²) < 4.78 is 43.3. The Bertz CT molecular complexity index is 1490. The molecular formula is C30H35Cl2FN4O4S. The molecule has 0 fully saturated rings. The van der Waals surface area contributed by atoms with Gasteiger partial charge in [-0.3, -0.25) is 9.59 Å². The number of anilines is 1. The van der Waals surface area contributed by atoms with Gasteiger partial charge < -0.3 is 10.2 Å². The molecule has 0 unspecified atom stereocenters. The minimum absolute atomic E-state index is 0.0890. The van der Waals surface area contributed by atoms with Crippen LogP contribution in [0.5, 0.6) is 0 Å². The molecule has 0 saturated carbocycles. The third kappa shape index (κ3) is 8.44. The van der Waals surface area contributed by atoms with Gasteiger partial charge in [-0.1, -0.05) is 78.7 Å². The van der Waals surface area contributed by atoms with Crippen LogP contribution in [0.1, 0.15) is 31.4 Å². The summed E-state index contributed by atoms with van der Waals surface area (Å²) in [5.74, 6) is -1.94. The lowest BCUT2D eigenvalue weighted by molar-refractivity contribution is -0.140. The Kier molecular flexibility index (Phi) is 11.8. The van der Waals surface area contributed by atoms with Crippen molar-refractivity contribution in [3.8, 4) is 0 Å². The molecule has 0 aliphatic heterocycles. The molecule has 3 aromatic rings. The van der Waals surface area contributed by atoms with Gasteiger partial charge in [-0.15, -0.1) is 0 Å². The van der Waals surface area contributed by atoms with Crippen molar-refractivity contribution in [3.63, 3.8) is 0 Å². The standard InChI is InChI=1S/C30H35Cl2FN4O4S/c1-5-21(2)34-30(39)28(18-22-11-7-6-8-12-22)36(19-23-15-16-24(31)25(32)17-23)29(38)20-37(42(40,41)35(3)4)27-14-10-9-13-26(27)33/h6-17,21,28H,5,18-20H2,1-4H3,(H,34,39)/t21-,28+/m0/s1. The molecule has 12 heteroatoms. The van der Waals surface area contributed by atoms with Crippen molar-refractivity contribution in [2.45, 2.75) is 45.3 Å². The second-order valence-electron chi connectivity index (χ2n) is 10.0. The summed E-state index contributed by atoms with van der Waals surface area (Å²) in [6.45, 7) is 2.93. The van der Waals surface area contributed by atoms with Crippen molar-refractivity contribution >= 4 is 50.9 Å². The number of nitrogens with zero attached hydrogens (tertiary/aromatic N) is 3. The predicted molar refractivity (Wildman–Crippen MR) is 165 cm³/mol. The van der Waals surface area contributed by atoms with E-state index in [1.54, 1.807) is 18.2 Å². The number of halogens is 3. The second-order valence-corrected chi connectivity index (χ2v) is 12.9. The first kappa shape index (κ1) is 33.3. The van der Waals surface area contributed by atoms with E-state index in [0.29, 0.717) is 21.3 Å². The van der Waals surface area contributed by atoms with Crippen LogP contribution in [0, 0.1) is 5.82 Å². The first-order valence-corrected chi connectivity index (χ1v) is 15.5. The number of hydrogen-bond donors (Lipinski definition) is 1. The molecule has 1 N–H and O–H groups in total. The average molecular weight is 638 g/mol. The molecule has 0 aliphatic carbocycles. The van der Waals surface area contributed by atoms with Gasteiger partial charge >= 0.3 is 10.2 Å². The van der Waals surface area contributed by atoms with E-state index in [-0.39, 0.29) is 29.7 Å². The van der Waals surface area contributed by atoms with Crippen molar-refractivity contribution in [2.75, 3.05) is 24.9 Å². The number of amides is 2. The van der Waals surface area contributed by atoms with E-state index >= 15 is 0 Å². The fourth-order valence-corrected chi connectivity index (χ4v) is 5.57. The normalized spacial score (nSPS) is 13.0. The summed E-state index contributed by atoms with van der Waals surface area (Å²) >= 11 is 12.4. The highest BCUT2D eigenvalue weighted by molar-refractivity contribution is 7.90.